The van der Waals surface area contributed by atoms with E-state index in [2.05, 4.69) is 20.8 Å². The molecule has 1 aliphatic heterocycles. The van der Waals surface area contributed by atoms with E-state index >= 15 is 0 Å². The average molecular weight is 485 g/mol. The van der Waals surface area contributed by atoms with Crippen LogP contribution in [0.2, 0.25) is 0 Å². The monoisotopic (exact) mass is 484 g/mol. The third-order valence-electron chi connectivity index (χ3n) is 5.02. The predicted octanol–water partition coefficient (Wildman–Crippen LogP) is 4.83. The van der Waals surface area contributed by atoms with Crippen LogP contribution >= 0.6 is 15.9 Å². The Morgan fingerprint density at radius 1 is 1.10 bits per heavy atom. The largest absolute Gasteiger partial charge is 0.416 e. The number of carbonyl (C=O) groups is 1. The van der Waals surface area contributed by atoms with Crippen molar-refractivity contribution >= 4 is 21.8 Å². The van der Waals surface area contributed by atoms with E-state index in [1.165, 1.54) is 12.1 Å². The van der Waals surface area contributed by atoms with E-state index in [0.717, 1.165) is 42.7 Å². The van der Waals surface area contributed by atoms with Crippen LogP contribution in [0.1, 0.15) is 27.9 Å². The summed E-state index contributed by atoms with van der Waals surface area (Å²) in [6.07, 6.45) is -3.59. The Balaban J connectivity index is 1.70. The highest BCUT2D eigenvalue weighted by Gasteiger charge is 2.30. The zero-order valence-corrected chi connectivity index (χ0v) is 18.1. The summed E-state index contributed by atoms with van der Waals surface area (Å²) in [5, 5.41) is 0. The van der Waals surface area contributed by atoms with Gasteiger partial charge in [0.2, 0.25) is 0 Å². The van der Waals surface area contributed by atoms with Gasteiger partial charge in [-0.05, 0) is 42.3 Å². The highest BCUT2D eigenvalue weighted by molar-refractivity contribution is 9.10. The topological polar surface area (TPSA) is 32.8 Å². The standard InChI is InChI=1S/C22H24BrF3N2O2/c23-20-4-1-3-18(15-20)21(29)28(10-2-9-27-11-13-30-14-12-27)16-17-5-7-19(8-6-17)22(24,25)26/h1,3-8,15H,2,9-14,16H2. The van der Waals surface area contributed by atoms with Crippen LogP contribution in [0.4, 0.5) is 13.2 Å². The highest BCUT2D eigenvalue weighted by Crippen LogP contribution is 2.29. The molecule has 0 saturated carbocycles. The number of halogens is 4. The van der Waals surface area contributed by atoms with Gasteiger partial charge in [-0.1, -0.05) is 34.1 Å². The molecule has 1 heterocycles. The lowest BCUT2D eigenvalue weighted by atomic mass is 10.1. The molecule has 1 aliphatic rings. The third-order valence-corrected chi connectivity index (χ3v) is 5.51. The minimum absolute atomic E-state index is 0.141. The quantitative estimate of drug-likeness (QED) is 0.563. The van der Waals surface area contributed by atoms with Gasteiger partial charge in [-0.25, -0.2) is 0 Å². The second kappa shape index (κ2) is 10.4. The molecule has 0 aromatic heterocycles. The lowest BCUT2D eigenvalue weighted by Crippen LogP contribution is -2.39. The van der Waals surface area contributed by atoms with Crippen LogP contribution in [0.5, 0.6) is 0 Å². The van der Waals surface area contributed by atoms with Crippen molar-refractivity contribution in [2.75, 3.05) is 39.4 Å². The minimum atomic E-state index is -4.37. The van der Waals surface area contributed by atoms with E-state index in [1.807, 2.05) is 6.07 Å². The molecule has 0 aliphatic carbocycles. The van der Waals surface area contributed by atoms with E-state index < -0.39 is 11.7 Å². The summed E-state index contributed by atoms with van der Waals surface area (Å²) in [6, 6.07) is 12.1. The lowest BCUT2D eigenvalue weighted by Gasteiger charge is -2.28. The molecule has 0 bridgehead atoms. The first-order valence-electron chi connectivity index (χ1n) is 9.84. The van der Waals surface area contributed by atoms with Gasteiger partial charge in [0.25, 0.3) is 5.91 Å². The molecule has 1 saturated heterocycles. The van der Waals surface area contributed by atoms with E-state index in [9.17, 15) is 18.0 Å². The van der Waals surface area contributed by atoms with Crippen molar-refractivity contribution < 1.29 is 22.7 Å². The maximum absolute atomic E-state index is 13.1. The first-order chi connectivity index (χ1) is 14.3. The van der Waals surface area contributed by atoms with E-state index in [4.69, 9.17) is 4.74 Å². The summed E-state index contributed by atoms with van der Waals surface area (Å²) in [4.78, 5) is 17.1. The predicted molar refractivity (Wildman–Crippen MR) is 112 cm³/mol. The lowest BCUT2D eigenvalue weighted by molar-refractivity contribution is -0.137. The number of ether oxygens (including phenoxy) is 1. The first-order valence-corrected chi connectivity index (χ1v) is 10.6. The Kier molecular flexibility index (Phi) is 7.91. The summed E-state index contributed by atoms with van der Waals surface area (Å²) < 4.78 is 44.6. The minimum Gasteiger partial charge on any atom is -0.379 e. The Labute approximate surface area is 182 Å². The molecule has 8 heteroatoms. The maximum atomic E-state index is 13.1. The number of carbonyl (C=O) groups excluding carboxylic acids is 1. The molecule has 162 valence electrons. The van der Waals surface area contributed by atoms with Crippen molar-refractivity contribution in [3.63, 3.8) is 0 Å². The number of hydrogen-bond donors (Lipinski definition) is 0. The zero-order chi connectivity index (χ0) is 21.6. The van der Waals surface area contributed by atoms with Crippen molar-refractivity contribution in [2.45, 2.75) is 19.1 Å². The number of benzene rings is 2. The Bertz CT molecular complexity index is 837. The van der Waals surface area contributed by atoms with Crippen LogP contribution in [0.3, 0.4) is 0 Å². The van der Waals surface area contributed by atoms with Crippen LogP contribution in [0.25, 0.3) is 0 Å². The molecular formula is C22H24BrF3N2O2. The molecule has 0 N–H and O–H groups in total. The average Bonchev–Trinajstić information content (AvgIpc) is 2.73. The van der Waals surface area contributed by atoms with E-state index in [1.54, 1.807) is 23.1 Å². The molecule has 1 fully saturated rings. The molecule has 3 rings (SSSR count). The highest BCUT2D eigenvalue weighted by atomic mass is 79.9. The van der Waals surface area contributed by atoms with Crippen LogP contribution in [0.15, 0.2) is 53.0 Å². The fraction of sp³-hybridized carbons (Fsp3) is 0.409. The van der Waals surface area contributed by atoms with Gasteiger partial charge in [0.15, 0.2) is 0 Å². The molecule has 30 heavy (non-hydrogen) atoms. The van der Waals surface area contributed by atoms with Crippen LogP contribution in [-0.4, -0.2) is 55.1 Å². The molecular weight excluding hydrogens is 461 g/mol. The third kappa shape index (κ3) is 6.55. The van der Waals surface area contributed by atoms with Crippen molar-refractivity contribution in [3.8, 4) is 0 Å². The van der Waals surface area contributed by atoms with Gasteiger partial charge in [-0.2, -0.15) is 13.2 Å². The number of hydrogen-bond acceptors (Lipinski definition) is 3. The summed E-state index contributed by atoms with van der Waals surface area (Å²) >= 11 is 3.38. The second-order valence-corrected chi connectivity index (χ2v) is 8.15. The number of nitrogens with zero attached hydrogens (tertiary/aromatic N) is 2. The molecule has 0 radical (unpaired) electrons. The summed E-state index contributed by atoms with van der Waals surface area (Å²) in [7, 11) is 0. The summed E-state index contributed by atoms with van der Waals surface area (Å²) in [5.41, 5.74) is 0.517. The molecule has 0 atom stereocenters. The fourth-order valence-corrected chi connectivity index (χ4v) is 3.79. The SMILES string of the molecule is O=C(c1cccc(Br)c1)N(CCCN1CCOCC1)Cc1ccc(C(F)(F)F)cc1. The number of amides is 1. The van der Waals surface area contributed by atoms with Crippen LogP contribution in [-0.2, 0) is 17.5 Å². The van der Waals surface area contributed by atoms with Gasteiger partial charge < -0.3 is 9.64 Å². The molecule has 2 aromatic rings. The molecule has 1 amide bonds. The van der Waals surface area contributed by atoms with Crippen molar-refractivity contribution in [1.29, 1.82) is 0 Å². The number of alkyl halides is 3. The normalized spacial score (nSPS) is 15.2. The van der Waals surface area contributed by atoms with Gasteiger partial charge >= 0.3 is 6.18 Å². The fourth-order valence-electron chi connectivity index (χ4n) is 3.39. The molecule has 2 aromatic carbocycles. The first kappa shape index (κ1) is 22.8. The van der Waals surface area contributed by atoms with Gasteiger partial charge in [0, 0.05) is 42.8 Å². The number of rotatable bonds is 7. The Hall–Kier alpha value is -1.90. The van der Waals surface area contributed by atoms with Gasteiger partial charge in [0.1, 0.15) is 0 Å². The number of morpholine rings is 1. The Morgan fingerprint density at radius 2 is 1.80 bits per heavy atom. The van der Waals surface area contributed by atoms with Crippen LogP contribution in [0, 0.1) is 0 Å². The molecule has 0 spiro atoms. The smallest absolute Gasteiger partial charge is 0.379 e. The molecule has 0 unspecified atom stereocenters. The van der Waals surface area contributed by atoms with Crippen molar-refractivity contribution in [2.24, 2.45) is 0 Å². The zero-order valence-electron chi connectivity index (χ0n) is 16.5. The summed E-state index contributed by atoms with van der Waals surface area (Å²) in [6.45, 7) is 4.80. The summed E-state index contributed by atoms with van der Waals surface area (Å²) in [5.74, 6) is -0.141. The van der Waals surface area contributed by atoms with Gasteiger partial charge in [-0.3, -0.25) is 9.69 Å². The maximum Gasteiger partial charge on any atom is 0.416 e. The van der Waals surface area contributed by atoms with Crippen LogP contribution < -0.4 is 0 Å². The second-order valence-electron chi connectivity index (χ2n) is 7.24. The van der Waals surface area contributed by atoms with E-state index in [-0.39, 0.29) is 12.5 Å². The Morgan fingerprint density at radius 3 is 2.43 bits per heavy atom. The van der Waals surface area contributed by atoms with E-state index in [0.29, 0.717) is 30.9 Å². The van der Waals surface area contributed by atoms with Gasteiger partial charge in [-0.15, -0.1) is 0 Å². The van der Waals surface area contributed by atoms with Crippen molar-refractivity contribution in [1.82, 2.24) is 9.80 Å². The van der Waals surface area contributed by atoms with Gasteiger partial charge in [0.05, 0.1) is 18.8 Å². The van der Waals surface area contributed by atoms with Crippen molar-refractivity contribution in [3.05, 3.63) is 69.7 Å². The molecule has 4 nitrogen and oxygen atoms in total.